The van der Waals surface area contributed by atoms with Crippen molar-refractivity contribution in [1.82, 2.24) is 0 Å². The molecule has 276 valence electrons. The van der Waals surface area contributed by atoms with E-state index >= 15 is 0 Å². The van der Waals surface area contributed by atoms with Crippen LogP contribution in [-0.4, -0.2) is 33.2 Å². The van der Waals surface area contributed by atoms with Gasteiger partial charge in [-0.1, -0.05) is 157 Å². The Bertz CT molecular complexity index is 1010. The molecule has 6 heteroatoms. The lowest BCUT2D eigenvalue weighted by Crippen LogP contribution is -2.23. The molecule has 1 aromatic carbocycles. The minimum absolute atomic E-state index is 0.297. The Kier molecular flexibility index (Phi) is 23.3. The first-order valence-corrected chi connectivity index (χ1v) is 19.8. The van der Waals surface area contributed by atoms with Gasteiger partial charge in [0, 0.05) is 0 Å². The standard InChI is InChI=1S/C42H72O6/c1-31(2)25-19-13-7-10-16-22-28-34-35(29-23-17-11-8-14-20-26-32(3)4)37(40(43)44)39(42(47)48)38(41(45)46)36(34)30-24-18-12-9-15-21-27-33(5)6/h31-33H,7-30H2,1-6H3,(H,43,44)(H,45,46)(H,47,48). The van der Waals surface area contributed by atoms with E-state index in [0.717, 1.165) is 82.1 Å². The fraction of sp³-hybridized carbons (Fsp3) is 0.786. The maximum absolute atomic E-state index is 12.7. The summed E-state index contributed by atoms with van der Waals surface area (Å²) in [6.07, 6.45) is 24.5. The van der Waals surface area contributed by atoms with Gasteiger partial charge in [-0.2, -0.15) is 0 Å². The van der Waals surface area contributed by atoms with E-state index in [2.05, 4.69) is 41.5 Å². The van der Waals surface area contributed by atoms with Gasteiger partial charge >= 0.3 is 17.9 Å². The first-order valence-electron chi connectivity index (χ1n) is 19.8. The second kappa shape index (κ2) is 25.6. The lowest BCUT2D eigenvalue weighted by atomic mass is 9.80. The summed E-state index contributed by atoms with van der Waals surface area (Å²) >= 11 is 0. The van der Waals surface area contributed by atoms with Crippen molar-refractivity contribution in [1.29, 1.82) is 0 Å². The second-order valence-electron chi connectivity index (χ2n) is 15.6. The average molecular weight is 673 g/mol. The smallest absolute Gasteiger partial charge is 0.337 e. The van der Waals surface area contributed by atoms with Crippen LogP contribution in [0.15, 0.2) is 0 Å². The van der Waals surface area contributed by atoms with Crippen LogP contribution in [0.4, 0.5) is 0 Å². The molecule has 0 amide bonds. The molecule has 0 aliphatic heterocycles. The molecule has 0 fully saturated rings. The van der Waals surface area contributed by atoms with Crippen LogP contribution >= 0.6 is 0 Å². The van der Waals surface area contributed by atoms with Crippen LogP contribution in [-0.2, 0) is 19.3 Å². The Morgan fingerprint density at radius 1 is 0.354 bits per heavy atom. The first-order chi connectivity index (χ1) is 22.9. The van der Waals surface area contributed by atoms with Crippen molar-refractivity contribution in [2.75, 3.05) is 0 Å². The SMILES string of the molecule is CC(C)CCCCCCCCc1c(CCCCCCCCC(C)C)c(C(=O)O)c(C(=O)O)c(C(=O)O)c1CCCCCCCCC(C)C. The number of aromatic carboxylic acids is 3. The summed E-state index contributed by atoms with van der Waals surface area (Å²) in [5, 5.41) is 31.0. The van der Waals surface area contributed by atoms with Gasteiger partial charge in [0.25, 0.3) is 0 Å². The number of carboxylic acid groups (broad SMARTS) is 3. The molecule has 3 N–H and O–H groups in total. The molecule has 0 radical (unpaired) electrons. The van der Waals surface area contributed by atoms with Crippen LogP contribution in [0.2, 0.25) is 0 Å². The zero-order valence-electron chi connectivity index (χ0n) is 31.8. The van der Waals surface area contributed by atoms with Crippen molar-refractivity contribution >= 4 is 17.9 Å². The molecule has 0 saturated carbocycles. The third-order valence-corrected chi connectivity index (χ3v) is 9.85. The van der Waals surface area contributed by atoms with E-state index in [9.17, 15) is 29.7 Å². The maximum atomic E-state index is 12.7. The van der Waals surface area contributed by atoms with Crippen molar-refractivity contribution in [3.05, 3.63) is 33.4 Å². The Balaban J connectivity index is 3.28. The van der Waals surface area contributed by atoms with E-state index in [0.29, 0.717) is 42.2 Å². The fourth-order valence-electron chi connectivity index (χ4n) is 7.13. The van der Waals surface area contributed by atoms with Gasteiger partial charge in [0.05, 0.1) is 16.7 Å². The molecule has 1 aromatic rings. The van der Waals surface area contributed by atoms with Crippen LogP contribution in [0.1, 0.15) is 224 Å². The summed E-state index contributed by atoms with van der Waals surface area (Å²) in [5.74, 6) is -1.99. The lowest BCUT2D eigenvalue weighted by Gasteiger charge is -2.23. The number of carbonyl (C=O) groups is 3. The molecule has 48 heavy (non-hydrogen) atoms. The molecule has 0 unspecified atom stereocenters. The highest BCUT2D eigenvalue weighted by atomic mass is 16.4. The topological polar surface area (TPSA) is 112 Å². The van der Waals surface area contributed by atoms with Crippen molar-refractivity contribution < 1.29 is 29.7 Å². The highest BCUT2D eigenvalue weighted by molar-refractivity contribution is 6.11. The molecule has 6 nitrogen and oxygen atoms in total. The number of benzene rings is 1. The van der Waals surface area contributed by atoms with Crippen molar-refractivity contribution in [3.8, 4) is 0 Å². The molecule has 0 aromatic heterocycles. The molecule has 0 saturated heterocycles. The quantitative estimate of drug-likeness (QED) is 0.0701. The van der Waals surface area contributed by atoms with E-state index in [1.165, 1.54) is 64.2 Å². The summed E-state index contributed by atoms with van der Waals surface area (Å²) in [7, 11) is 0. The molecule has 0 aliphatic rings. The van der Waals surface area contributed by atoms with Crippen molar-refractivity contribution in [2.24, 2.45) is 17.8 Å². The van der Waals surface area contributed by atoms with Crippen molar-refractivity contribution in [2.45, 2.75) is 196 Å². The Morgan fingerprint density at radius 2 is 0.583 bits per heavy atom. The van der Waals surface area contributed by atoms with Crippen LogP contribution in [0.5, 0.6) is 0 Å². The van der Waals surface area contributed by atoms with Crippen LogP contribution < -0.4 is 0 Å². The molecule has 0 aliphatic carbocycles. The van der Waals surface area contributed by atoms with Crippen LogP contribution in [0.25, 0.3) is 0 Å². The van der Waals surface area contributed by atoms with Gasteiger partial charge in [-0.25, -0.2) is 14.4 Å². The summed E-state index contributed by atoms with van der Waals surface area (Å²) < 4.78 is 0. The first kappa shape index (κ1) is 43.7. The Labute approximate surface area is 293 Å². The molecule has 0 bridgehead atoms. The molecule has 1 rings (SSSR count). The maximum Gasteiger partial charge on any atom is 0.337 e. The largest absolute Gasteiger partial charge is 0.478 e. The van der Waals surface area contributed by atoms with Crippen LogP contribution in [0.3, 0.4) is 0 Å². The van der Waals surface area contributed by atoms with E-state index in [-0.39, 0.29) is 11.1 Å². The van der Waals surface area contributed by atoms with Gasteiger partial charge in [0.1, 0.15) is 0 Å². The Morgan fingerprint density at radius 3 is 0.833 bits per heavy atom. The fourth-order valence-corrected chi connectivity index (χ4v) is 7.13. The summed E-state index contributed by atoms with van der Waals surface area (Å²) in [5.41, 5.74) is 0.833. The Hall–Kier alpha value is -2.37. The number of carboxylic acids is 3. The zero-order valence-corrected chi connectivity index (χ0v) is 31.8. The van der Waals surface area contributed by atoms with E-state index in [1.807, 2.05) is 0 Å². The third kappa shape index (κ3) is 17.9. The van der Waals surface area contributed by atoms with Gasteiger partial charge in [0.2, 0.25) is 0 Å². The predicted molar refractivity (Wildman–Crippen MR) is 200 cm³/mol. The molecule has 0 spiro atoms. The van der Waals surface area contributed by atoms with Gasteiger partial charge in [0.15, 0.2) is 0 Å². The number of unbranched alkanes of at least 4 members (excludes halogenated alkanes) is 15. The molecule has 0 atom stereocenters. The highest BCUT2D eigenvalue weighted by Crippen LogP contribution is 2.34. The number of rotatable bonds is 30. The summed E-state index contributed by atoms with van der Waals surface area (Å²) in [6, 6.07) is 0. The van der Waals surface area contributed by atoms with Crippen LogP contribution in [0, 0.1) is 17.8 Å². The molecule has 0 heterocycles. The normalized spacial score (nSPS) is 11.7. The number of hydrogen-bond donors (Lipinski definition) is 3. The minimum Gasteiger partial charge on any atom is -0.478 e. The minimum atomic E-state index is -1.46. The predicted octanol–water partition coefficient (Wildman–Crippen LogP) is 12.6. The number of hydrogen-bond acceptors (Lipinski definition) is 3. The second-order valence-corrected chi connectivity index (χ2v) is 15.6. The monoisotopic (exact) mass is 673 g/mol. The zero-order chi connectivity index (χ0) is 35.9. The molecular formula is C42H72O6. The van der Waals surface area contributed by atoms with E-state index in [4.69, 9.17) is 0 Å². The van der Waals surface area contributed by atoms with Gasteiger partial charge in [-0.15, -0.1) is 0 Å². The van der Waals surface area contributed by atoms with Gasteiger partial charge in [-0.3, -0.25) is 0 Å². The molecular weight excluding hydrogens is 600 g/mol. The highest BCUT2D eigenvalue weighted by Gasteiger charge is 2.33. The third-order valence-electron chi connectivity index (χ3n) is 9.85. The summed E-state index contributed by atoms with van der Waals surface area (Å²) in [6.45, 7) is 13.5. The average Bonchev–Trinajstić information content (AvgIpc) is 3.00. The van der Waals surface area contributed by atoms with Gasteiger partial charge < -0.3 is 15.3 Å². The summed E-state index contributed by atoms with van der Waals surface area (Å²) in [4.78, 5) is 38.1. The van der Waals surface area contributed by atoms with Gasteiger partial charge in [-0.05, 0) is 73.0 Å². The van der Waals surface area contributed by atoms with E-state index < -0.39 is 23.5 Å². The van der Waals surface area contributed by atoms with E-state index in [1.54, 1.807) is 0 Å². The van der Waals surface area contributed by atoms with Crippen molar-refractivity contribution in [3.63, 3.8) is 0 Å². The lowest BCUT2D eigenvalue weighted by molar-refractivity contribution is 0.0631.